The number of para-hydroxylation sites is 1. The number of carbonyl (C=O) groups excluding carboxylic acids is 1. The molecule has 2 heterocycles. The topological polar surface area (TPSA) is 55.1 Å². The fraction of sp³-hybridized carbons (Fsp3) is 0.263. The van der Waals surface area contributed by atoms with Crippen LogP contribution in [0, 0.1) is 0 Å². The van der Waals surface area contributed by atoms with Gasteiger partial charge in [0.25, 0.3) is 5.91 Å². The summed E-state index contributed by atoms with van der Waals surface area (Å²) >= 11 is 0. The smallest absolute Gasteiger partial charge is 0.252 e. The second-order valence-corrected chi connectivity index (χ2v) is 5.97. The maximum Gasteiger partial charge on any atom is 0.252 e. The van der Waals surface area contributed by atoms with Gasteiger partial charge < -0.3 is 9.73 Å². The van der Waals surface area contributed by atoms with E-state index in [2.05, 4.69) is 5.32 Å². The fourth-order valence-corrected chi connectivity index (χ4v) is 2.82. The van der Waals surface area contributed by atoms with E-state index in [4.69, 9.17) is 9.40 Å². The van der Waals surface area contributed by atoms with Crippen molar-refractivity contribution in [2.45, 2.75) is 25.2 Å². The van der Waals surface area contributed by atoms with Crippen molar-refractivity contribution < 1.29 is 9.21 Å². The molecule has 1 fully saturated rings. The Labute approximate surface area is 134 Å². The van der Waals surface area contributed by atoms with Crippen molar-refractivity contribution in [3.8, 4) is 0 Å². The molecule has 0 radical (unpaired) electrons. The van der Waals surface area contributed by atoms with Gasteiger partial charge in [-0.25, -0.2) is 0 Å². The van der Waals surface area contributed by atoms with Crippen LogP contribution in [0.1, 0.15) is 40.6 Å². The minimum Gasteiger partial charge on any atom is -0.469 e. The van der Waals surface area contributed by atoms with E-state index in [1.54, 1.807) is 6.26 Å². The summed E-state index contributed by atoms with van der Waals surface area (Å²) in [6.45, 7) is 0.557. The van der Waals surface area contributed by atoms with E-state index in [1.165, 1.54) is 12.8 Å². The first-order chi connectivity index (χ1) is 11.3. The number of pyridine rings is 1. The molecule has 0 aliphatic heterocycles. The van der Waals surface area contributed by atoms with Crippen LogP contribution in [0.4, 0.5) is 0 Å². The van der Waals surface area contributed by atoms with Crippen molar-refractivity contribution >= 4 is 16.8 Å². The highest BCUT2D eigenvalue weighted by Crippen LogP contribution is 2.40. The van der Waals surface area contributed by atoms with E-state index >= 15 is 0 Å². The number of carbonyl (C=O) groups is 1. The van der Waals surface area contributed by atoms with Crippen molar-refractivity contribution in [2.24, 2.45) is 0 Å². The summed E-state index contributed by atoms with van der Waals surface area (Å²) in [6.07, 6.45) is 4.68. The Morgan fingerprint density at radius 2 is 2.09 bits per heavy atom. The van der Waals surface area contributed by atoms with Crippen molar-refractivity contribution in [1.29, 1.82) is 0 Å². The van der Waals surface area contributed by atoms with Crippen LogP contribution in [0.5, 0.6) is 0 Å². The zero-order chi connectivity index (χ0) is 15.6. The summed E-state index contributed by atoms with van der Waals surface area (Å²) in [7, 11) is 0. The predicted molar refractivity (Wildman–Crippen MR) is 88.5 cm³/mol. The Balaban J connectivity index is 1.57. The van der Waals surface area contributed by atoms with Gasteiger partial charge in [-0.3, -0.25) is 9.78 Å². The van der Waals surface area contributed by atoms with Gasteiger partial charge in [0.15, 0.2) is 0 Å². The van der Waals surface area contributed by atoms with Crippen molar-refractivity contribution in [3.05, 3.63) is 65.7 Å². The van der Waals surface area contributed by atoms with Crippen LogP contribution < -0.4 is 5.32 Å². The first-order valence-electron chi connectivity index (χ1n) is 8.01. The molecule has 1 aliphatic carbocycles. The molecule has 1 saturated carbocycles. The second kappa shape index (κ2) is 5.88. The summed E-state index contributed by atoms with van der Waals surface area (Å²) in [4.78, 5) is 17.3. The van der Waals surface area contributed by atoms with Gasteiger partial charge in [0.05, 0.1) is 17.3 Å². The van der Waals surface area contributed by atoms with Gasteiger partial charge in [-0.2, -0.15) is 0 Å². The van der Waals surface area contributed by atoms with E-state index in [-0.39, 0.29) is 5.91 Å². The number of fused-ring (bicyclic) bond motifs is 1. The lowest BCUT2D eigenvalue weighted by Crippen LogP contribution is -2.26. The summed E-state index contributed by atoms with van der Waals surface area (Å²) in [6, 6.07) is 13.6. The number of hydrogen-bond donors (Lipinski definition) is 1. The maximum absolute atomic E-state index is 12.6. The predicted octanol–water partition coefficient (Wildman–Crippen LogP) is 3.68. The first kappa shape index (κ1) is 14.0. The third-order valence-corrected chi connectivity index (χ3v) is 4.21. The number of amides is 1. The Bertz CT molecular complexity index is 836. The largest absolute Gasteiger partial charge is 0.469 e. The molecule has 0 bridgehead atoms. The second-order valence-electron chi connectivity index (χ2n) is 5.97. The quantitative estimate of drug-likeness (QED) is 0.782. The molecule has 3 aromatic rings. The van der Waals surface area contributed by atoms with Gasteiger partial charge in [0, 0.05) is 30.0 Å². The standard InChI is InChI=1S/C19H18N2O2/c22-19(20-10-9-14-4-3-11-23-14)16-12-18(13-7-8-13)21-17-6-2-1-5-15(16)17/h1-6,11-13H,7-10H2,(H,20,22). The molecule has 0 atom stereocenters. The molecule has 1 aliphatic rings. The lowest BCUT2D eigenvalue weighted by atomic mass is 10.1. The average Bonchev–Trinajstić information content (AvgIpc) is 3.31. The fourth-order valence-electron chi connectivity index (χ4n) is 2.82. The molecule has 4 heteroatoms. The molecule has 0 unspecified atom stereocenters. The summed E-state index contributed by atoms with van der Waals surface area (Å²) in [5.41, 5.74) is 2.66. The first-order valence-corrected chi connectivity index (χ1v) is 8.01. The average molecular weight is 306 g/mol. The monoisotopic (exact) mass is 306 g/mol. The zero-order valence-electron chi connectivity index (χ0n) is 12.8. The van der Waals surface area contributed by atoms with Crippen LogP contribution in [0.25, 0.3) is 10.9 Å². The summed E-state index contributed by atoms with van der Waals surface area (Å²) in [5.74, 6) is 1.36. The molecular weight excluding hydrogens is 288 g/mol. The number of nitrogens with one attached hydrogen (secondary N) is 1. The third-order valence-electron chi connectivity index (χ3n) is 4.21. The highest BCUT2D eigenvalue weighted by molar-refractivity contribution is 6.06. The molecule has 1 amide bonds. The zero-order valence-corrected chi connectivity index (χ0v) is 12.8. The van der Waals surface area contributed by atoms with Crippen molar-refractivity contribution in [3.63, 3.8) is 0 Å². The Hall–Kier alpha value is -2.62. The minimum absolute atomic E-state index is 0.0444. The van der Waals surface area contributed by atoms with Crippen molar-refractivity contribution in [1.82, 2.24) is 10.3 Å². The van der Waals surface area contributed by atoms with E-state index < -0.39 is 0 Å². The third kappa shape index (κ3) is 2.97. The van der Waals surface area contributed by atoms with Gasteiger partial charge in [-0.1, -0.05) is 18.2 Å². The van der Waals surface area contributed by atoms with Gasteiger partial charge >= 0.3 is 0 Å². The number of rotatable bonds is 5. The van der Waals surface area contributed by atoms with Gasteiger partial charge in [-0.15, -0.1) is 0 Å². The lowest BCUT2D eigenvalue weighted by Gasteiger charge is -2.10. The molecule has 4 nitrogen and oxygen atoms in total. The molecule has 1 N–H and O–H groups in total. The van der Waals surface area contributed by atoms with Crippen LogP contribution >= 0.6 is 0 Å². The maximum atomic E-state index is 12.6. The van der Waals surface area contributed by atoms with Gasteiger partial charge in [-0.05, 0) is 37.1 Å². The van der Waals surface area contributed by atoms with Crippen LogP contribution in [0.3, 0.4) is 0 Å². The van der Waals surface area contributed by atoms with E-state index in [9.17, 15) is 4.79 Å². The number of benzene rings is 1. The number of hydrogen-bond acceptors (Lipinski definition) is 3. The molecular formula is C19H18N2O2. The highest BCUT2D eigenvalue weighted by Gasteiger charge is 2.26. The van der Waals surface area contributed by atoms with Crippen LogP contribution in [-0.4, -0.2) is 17.4 Å². The molecule has 4 rings (SSSR count). The molecule has 0 saturated heterocycles. The Morgan fingerprint density at radius 3 is 2.87 bits per heavy atom. The summed E-state index contributed by atoms with van der Waals surface area (Å²) in [5, 5.41) is 3.90. The van der Waals surface area contributed by atoms with Gasteiger partial charge in [0.2, 0.25) is 0 Å². The lowest BCUT2D eigenvalue weighted by molar-refractivity contribution is 0.0955. The summed E-state index contributed by atoms with van der Waals surface area (Å²) < 4.78 is 5.29. The Kier molecular flexibility index (Phi) is 3.58. The van der Waals surface area contributed by atoms with Gasteiger partial charge in [0.1, 0.15) is 5.76 Å². The van der Waals surface area contributed by atoms with E-state index in [1.807, 2.05) is 42.5 Å². The van der Waals surface area contributed by atoms with Crippen LogP contribution in [0.2, 0.25) is 0 Å². The Morgan fingerprint density at radius 1 is 1.22 bits per heavy atom. The molecule has 23 heavy (non-hydrogen) atoms. The molecule has 1 aromatic carbocycles. The van der Waals surface area contributed by atoms with E-state index in [0.29, 0.717) is 18.9 Å². The normalized spacial score (nSPS) is 14.1. The number of nitrogens with zero attached hydrogens (tertiary/aromatic N) is 1. The number of furan rings is 1. The SMILES string of the molecule is O=C(NCCc1ccco1)c1cc(C2CC2)nc2ccccc12. The minimum atomic E-state index is -0.0444. The van der Waals surface area contributed by atoms with Crippen LogP contribution in [0.15, 0.2) is 53.1 Å². The molecule has 2 aromatic heterocycles. The van der Waals surface area contributed by atoms with Crippen LogP contribution in [-0.2, 0) is 6.42 Å². The number of aromatic nitrogens is 1. The highest BCUT2D eigenvalue weighted by atomic mass is 16.3. The molecule has 0 spiro atoms. The van der Waals surface area contributed by atoms with E-state index in [0.717, 1.165) is 27.9 Å². The van der Waals surface area contributed by atoms with Crippen molar-refractivity contribution in [2.75, 3.05) is 6.54 Å². The molecule has 116 valence electrons.